The van der Waals surface area contributed by atoms with Crippen molar-refractivity contribution >= 4 is 17.4 Å². The van der Waals surface area contributed by atoms with Crippen LogP contribution in [0.1, 0.15) is 21.6 Å². The van der Waals surface area contributed by atoms with Crippen LogP contribution in [0.3, 0.4) is 0 Å². The number of aromatic nitrogens is 2. The molecule has 3 rings (SSSR count). The number of nitrogens with zero attached hydrogens (tertiary/aromatic N) is 2. The van der Waals surface area contributed by atoms with Crippen LogP contribution in [0.5, 0.6) is 0 Å². The fourth-order valence-electron chi connectivity index (χ4n) is 2.41. The Morgan fingerprint density at radius 2 is 1.77 bits per heavy atom. The predicted octanol–water partition coefficient (Wildman–Crippen LogP) is 3.64. The molecule has 0 aliphatic rings. The summed E-state index contributed by atoms with van der Waals surface area (Å²) in [5.41, 5.74) is 2.85. The number of nitrogens with one attached hydrogen (secondary N) is 2. The van der Waals surface area contributed by atoms with E-state index < -0.39 is 0 Å². The average molecular weight is 350 g/mol. The summed E-state index contributed by atoms with van der Waals surface area (Å²) in [7, 11) is 0. The molecule has 26 heavy (non-hydrogen) atoms. The van der Waals surface area contributed by atoms with Gasteiger partial charge in [-0.05, 0) is 49.2 Å². The fourth-order valence-corrected chi connectivity index (χ4v) is 2.41. The molecule has 2 N–H and O–H groups in total. The highest BCUT2D eigenvalue weighted by molar-refractivity contribution is 5.92. The molecule has 0 saturated carbocycles. The van der Waals surface area contributed by atoms with Crippen LogP contribution in [0.4, 0.5) is 15.9 Å². The van der Waals surface area contributed by atoms with Crippen LogP contribution >= 0.6 is 0 Å². The first-order valence-corrected chi connectivity index (χ1v) is 8.31. The van der Waals surface area contributed by atoms with E-state index in [9.17, 15) is 9.18 Å². The summed E-state index contributed by atoms with van der Waals surface area (Å²) in [6.45, 7) is 2.34. The Morgan fingerprint density at radius 3 is 2.46 bits per heavy atom. The number of amides is 1. The van der Waals surface area contributed by atoms with Crippen LogP contribution in [-0.2, 0) is 6.42 Å². The molecule has 0 saturated heterocycles. The molecule has 1 aromatic heterocycles. The first-order valence-electron chi connectivity index (χ1n) is 8.31. The number of carbonyl (C=O) groups is 1. The smallest absolute Gasteiger partial charge is 0.271 e. The molecule has 5 nitrogen and oxygen atoms in total. The van der Waals surface area contributed by atoms with Crippen molar-refractivity contribution in [2.45, 2.75) is 13.3 Å². The predicted molar refractivity (Wildman–Crippen MR) is 98.9 cm³/mol. The van der Waals surface area contributed by atoms with Gasteiger partial charge < -0.3 is 10.6 Å². The summed E-state index contributed by atoms with van der Waals surface area (Å²) >= 11 is 0. The van der Waals surface area contributed by atoms with E-state index in [0.717, 1.165) is 5.69 Å². The van der Waals surface area contributed by atoms with Gasteiger partial charge in [-0.25, -0.2) is 4.39 Å². The van der Waals surface area contributed by atoms with Crippen molar-refractivity contribution in [1.29, 1.82) is 0 Å². The third-order valence-corrected chi connectivity index (χ3v) is 3.86. The molecule has 3 aromatic rings. The Hall–Kier alpha value is -3.28. The molecule has 0 atom stereocenters. The molecule has 2 aromatic carbocycles. The van der Waals surface area contributed by atoms with Gasteiger partial charge in [0.1, 0.15) is 5.82 Å². The maximum absolute atomic E-state index is 13.5. The van der Waals surface area contributed by atoms with E-state index in [1.165, 1.54) is 11.6 Å². The van der Waals surface area contributed by atoms with Crippen LogP contribution in [-0.4, -0.2) is 22.6 Å². The minimum absolute atomic E-state index is 0.216. The van der Waals surface area contributed by atoms with Gasteiger partial charge in [-0.2, -0.15) is 0 Å². The Morgan fingerprint density at radius 1 is 1.00 bits per heavy atom. The second-order valence-electron chi connectivity index (χ2n) is 5.89. The van der Waals surface area contributed by atoms with Gasteiger partial charge in [-0.15, -0.1) is 10.2 Å². The van der Waals surface area contributed by atoms with Gasteiger partial charge >= 0.3 is 0 Å². The van der Waals surface area contributed by atoms with Crippen LogP contribution in [0.15, 0.2) is 60.7 Å². The van der Waals surface area contributed by atoms with Crippen LogP contribution in [0, 0.1) is 12.7 Å². The summed E-state index contributed by atoms with van der Waals surface area (Å²) in [6, 6.07) is 17.7. The van der Waals surface area contributed by atoms with Crippen molar-refractivity contribution in [3.63, 3.8) is 0 Å². The minimum Gasteiger partial charge on any atom is -0.350 e. The largest absolute Gasteiger partial charge is 0.350 e. The topological polar surface area (TPSA) is 66.9 Å². The molecule has 6 heteroatoms. The Balaban J connectivity index is 1.53. The number of halogens is 1. The molecule has 0 bridgehead atoms. The molecule has 0 aliphatic carbocycles. The Labute approximate surface area is 151 Å². The normalized spacial score (nSPS) is 10.4. The number of rotatable bonds is 6. The number of carbonyl (C=O) groups excluding carboxylic acids is 1. The third kappa shape index (κ3) is 4.63. The molecule has 0 aliphatic heterocycles. The van der Waals surface area contributed by atoms with Crippen molar-refractivity contribution in [2.24, 2.45) is 0 Å². The number of hydrogen-bond acceptors (Lipinski definition) is 4. The number of aryl methyl sites for hydroxylation is 1. The number of hydrogen-bond donors (Lipinski definition) is 2. The van der Waals surface area contributed by atoms with Crippen molar-refractivity contribution in [1.82, 2.24) is 15.5 Å². The Bertz CT molecular complexity index is 879. The lowest BCUT2D eigenvalue weighted by Crippen LogP contribution is -2.27. The van der Waals surface area contributed by atoms with Gasteiger partial charge in [-0.1, -0.05) is 35.9 Å². The molecule has 1 amide bonds. The van der Waals surface area contributed by atoms with Gasteiger partial charge in [0, 0.05) is 12.2 Å². The van der Waals surface area contributed by atoms with E-state index in [1.54, 1.807) is 30.3 Å². The zero-order valence-electron chi connectivity index (χ0n) is 14.4. The molecular weight excluding hydrogens is 331 g/mol. The number of anilines is 2. The quantitative estimate of drug-likeness (QED) is 0.712. The van der Waals surface area contributed by atoms with Gasteiger partial charge in [0.15, 0.2) is 11.5 Å². The lowest BCUT2D eigenvalue weighted by Gasteiger charge is -2.07. The van der Waals surface area contributed by atoms with Crippen molar-refractivity contribution in [3.05, 3.63) is 83.3 Å². The summed E-state index contributed by atoms with van der Waals surface area (Å²) in [5, 5.41) is 13.8. The maximum Gasteiger partial charge on any atom is 0.271 e. The van der Waals surface area contributed by atoms with Crippen LogP contribution in [0.25, 0.3) is 0 Å². The van der Waals surface area contributed by atoms with Gasteiger partial charge in [0.25, 0.3) is 5.91 Å². The summed E-state index contributed by atoms with van der Waals surface area (Å²) in [5.74, 6) is -0.0550. The van der Waals surface area contributed by atoms with E-state index in [0.29, 0.717) is 24.3 Å². The summed E-state index contributed by atoms with van der Waals surface area (Å²) in [6.07, 6.45) is 0.416. The van der Waals surface area contributed by atoms with E-state index in [2.05, 4.69) is 20.8 Å². The molecule has 0 fully saturated rings. The second kappa shape index (κ2) is 8.20. The van der Waals surface area contributed by atoms with Crippen molar-refractivity contribution in [3.8, 4) is 0 Å². The lowest BCUT2D eigenvalue weighted by atomic mass is 10.1. The minimum atomic E-state index is -0.337. The molecule has 132 valence electrons. The van der Waals surface area contributed by atoms with Crippen LogP contribution in [0.2, 0.25) is 0 Å². The molecule has 0 spiro atoms. The highest BCUT2D eigenvalue weighted by Crippen LogP contribution is 2.14. The monoisotopic (exact) mass is 350 g/mol. The summed E-state index contributed by atoms with van der Waals surface area (Å²) < 4.78 is 13.5. The maximum atomic E-state index is 13.5. The highest BCUT2D eigenvalue weighted by atomic mass is 19.1. The van der Waals surface area contributed by atoms with E-state index >= 15 is 0 Å². The SMILES string of the molecule is Cc1ccc(Nc2ccc(C(=O)NCCc3ccccc3F)nn2)cc1. The molecule has 0 unspecified atom stereocenters. The molecule has 0 radical (unpaired) electrons. The van der Waals surface area contributed by atoms with E-state index in [-0.39, 0.29) is 17.4 Å². The van der Waals surface area contributed by atoms with Crippen molar-refractivity contribution < 1.29 is 9.18 Å². The van der Waals surface area contributed by atoms with Gasteiger partial charge in [-0.3, -0.25) is 4.79 Å². The zero-order chi connectivity index (χ0) is 18.4. The fraction of sp³-hybridized carbons (Fsp3) is 0.150. The molecular formula is C20H19FN4O. The van der Waals surface area contributed by atoms with Gasteiger partial charge in [0.2, 0.25) is 0 Å². The summed E-state index contributed by atoms with van der Waals surface area (Å²) in [4.78, 5) is 12.1. The third-order valence-electron chi connectivity index (χ3n) is 3.86. The van der Waals surface area contributed by atoms with E-state index in [1.807, 2.05) is 31.2 Å². The van der Waals surface area contributed by atoms with Crippen molar-refractivity contribution in [2.75, 3.05) is 11.9 Å². The average Bonchev–Trinajstić information content (AvgIpc) is 2.66. The van der Waals surface area contributed by atoms with E-state index in [4.69, 9.17) is 0 Å². The second-order valence-corrected chi connectivity index (χ2v) is 5.89. The first kappa shape index (κ1) is 17.5. The highest BCUT2D eigenvalue weighted by Gasteiger charge is 2.08. The number of benzene rings is 2. The zero-order valence-corrected chi connectivity index (χ0v) is 14.4. The van der Waals surface area contributed by atoms with Gasteiger partial charge in [0.05, 0.1) is 0 Å². The Kier molecular flexibility index (Phi) is 5.53. The molecule has 1 heterocycles. The lowest BCUT2D eigenvalue weighted by molar-refractivity contribution is 0.0948. The standard InChI is InChI=1S/C20H19FN4O/c1-14-6-8-16(9-7-14)23-19-11-10-18(24-25-19)20(26)22-13-12-15-4-2-3-5-17(15)21/h2-11H,12-13H2,1H3,(H,22,26)(H,23,25). The van der Waals surface area contributed by atoms with Crippen LogP contribution < -0.4 is 10.6 Å². The first-order chi connectivity index (χ1) is 12.6.